The van der Waals surface area contributed by atoms with E-state index in [9.17, 15) is 0 Å². The Labute approximate surface area is 99.7 Å². The molecule has 0 aliphatic rings. The van der Waals surface area contributed by atoms with Crippen molar-refractivity contribution >= 4 is 16.8 Å². The lowest BCUT2D eigenvalue weighted by atomic mass is 10.2. The Hall–Kier alpha value is -1.81. The van der Waals surface area contributed by atoms with Crippen molar-refractivity contribution in [1.29, 1.82) is 0 Å². The fourth-order valence-electron chi connectivity index (χ4n) is 2.15. The molecule has 3 aromatic rings. The van der Waals surface area contributed by atoms with Gasteiger partial charge in [-0.05, 0) is 31.7 Å². The van der Waals surface area contributed by atoms with Crippen LogP contribution in [0.2, 0.25) is 0 Å². The van der Waals surface area contributed by atoms with E-state index < -0.39 is 0 Å². The van der Waals surface area contributed by atoms with Gasteiger partial charge in [-0.15, -0.1) is 0 Å². The molecule has 0 bridgehead atoms. The second-order valence-electron chi connectivity index (χ2n) is 4.43. The molecule has 0 unspecified atom stereocenters. The zero-order valence-corrected chi connectivity index (χ0v) is 10.1. The van der Waals surface area contributed by atoms with Gasteiger partial charge in [-0.1, -0.05) is 6.07 Å². The van der Waals surface area contributed by atoms with Crippen LogP contribution in [0, 0.1) is 6.92 Å². The molecule has 3 rings (SSSR count). The minimum absolute atomic E-state index is 0.928. The van der Waals surface area contributed by atoms with E-state index in [4.69, 9.17) is 0 Å². The van der Waals surface area contributed by atoms with Crippen molar-refractivity contribution < 1.29 is 0 Å². The second kappa shape index (κ2) is 3.89. The Kier molecular flexibility index (Phi) is 2.37. The first kappa shape index (κ1) is 10.4. The molecule has 2 aromatic heterocycles. The van der Waals surface area contributed by atoms with Crippen LogP contribution in [0.4, 0.5) is 0 Å². The van der Waals surface area contributed by atoms with E-state index in [2.05, 4.69) is 51.0 Å². The predicted molar refractivity (Wildman–Crippen MR) is 69.4 cm³/mol. The second-order valence-corrected chi connectivity index (χ2v) is 4.43. The van der Waals surface area contributed by atoms with Crippen LogP contribution < -0.4 is 5.32 Å². The van der Waals surface area contributed by atoms with E-state index in [0.717, 1.165) is 29.8 Å². The number of aromatic nitrogens is 3. The first-order valence-electron chi connectivity index (χ1n) is 5.89. The average molecular weight is 228 g/mol. The highest BCUT2D eigenvalue weighted by Crippen LogP contribution is 2.18. The molecule has 0 saturated carbocycles. The number of likely N-dealkylation sites (N-methyl/N-ethyl adjacent to an activating group) is 1. The molecule has 0 spiro atoms. The maximum Gasteiger partial charge on any atom is 0.212 e. The minimum atomic E-state index is 0.928. The fraction of sp³-hybridized carbons (Fsp3) is 0.308. The Morgan fingerprint density at radius 1 is 1.41 bits per heavy atom. The van der Waals surface area contributed by atoms with Crippen LogP contribution in [0.3, 0.4) is 0 Å². The van der Waals surface area contributed by atoms with Gasteiger partial charge < -0.3 is 10.3 Å². The predicted octanol–water partition coefficient (Wildman–Crippen LogP) is 1.89. The molecule has 0 aliphatic carbocycles. The van der Waals surface area contributed by atoms with Gasteiger partial charge in [0.15, 0.2) is 0 Å². The number of aromatic amines is 1. The standard InChI is InChI=1S/C13H16N4/c1-9-3-4-12-11(7-9)16-13-15-10(5-6-14-2)8-17(12)13/h3-4,7-8,14H,5-6H2,1-2H3,(H,15,16). The highest BCUT2D eigenvalue weighted by molar-refractivity contribution is 5.80. The number of imidazole rings is 2. The van der Waals surface area contributed by atoms with Gasteiger partial charge in [0.05, 0.1) is 11.0 Å². The van der Waals surface area contributed by atoms with Gasteiger partial charge in [-0.2, -0.15) is 0 Å². The van der Waals surface area contributed by atoms with Crippen molar-refractivity contribution in [3.63, 3.8) is 0 Å². The molecule has 0 amide bonds. The van der Waals surface area contributed by atoms with Crippen molar-refractivity contribution in [2.24, 2.45) is 0 Å². The first-order chi connectivity index (χ1) is 8.28. The SMILES string of the molecule is CNCCc1cn2c(nc3cc(C)ccc32)[nH]1. The number of aryl methyl sites for hydroxylation is 1. The van der Waals surface area contributed by atoms with Crippen LogP contribution in [0.25, 0.3) is 16.8 Å². The Morgan fingerprint density at radius 2 is 2.29 bits per heavy atom. The fourth-order valence-corrected chi connectivity index (χ4v) is 2.15. The maximum absolute atomic E-state index is 4.59. The van der Waals surface area contributed by atoms with Crippen molar-refractivity contribution in [3.05, 3.63) is 35.7 Å². The third kappa shape index (κ3) is 1.70. The third-order valence-electron chi connectivity index (χ3n) is 3.05. The number of nitrogens with zero attached hydrogens (tertiary/aromatic N) is 2. The highest BCUT2D eigenvalue weighted by Gasteiger charge is 2.07. The maximum atomic E-state index is 4.59. The largest absolute Gasteiger partial charge is 0.327 e. The molecule has 1 aromatic carbocycles. The van der Waals surface area contributed by atoms with E-state index in [0.29, 0.717) is 0 Å². The van der Waals surface area contributed by atoms with Gasteiger partial charge in [0.2, 0.25) is 5.78 Å². The molecular formula is C13H16N4. The summed E-state index contributed by atoms with van der Waals surface area (Å²) in [6.07, 6.45) is 3.13. The van der Waals surface area contributed by atoms with E-state index in [-0.39, 0.29) is 0 Å². The summed E-state index contributed by atoms with van der Waals surface area (Å²) < 4.78 is 2.12. The number of hydrogen-bond acceptors (Lipinski definition) is 2. The smallest absolute Gasteiger partial charge is 0.212 e. The van der Waals surface area contributed by atoms with E-state index in [1.165, 1.54) is 11.3 Å². The van der Waals surface area contributed by atoms with Crippen molar-refractivity contribution in [2.45, 2.75) is 13.3 Å². The van der Waals surface area contributed by atoms with Gasteiger partial charge in [-0.3, -0.25) is 4.40 Å². The lowest BCUT2D eigenvalue weighted by Gasteiger charge is -1.95. The van der Waals surface area contributed by atoms with Crippen molar-refractivity contribution in [1.82, 2.24) is 19.7 Å². The monoisotopic (exact) mass is 228 g/mol. The average Bonchev–Trinajstić information content (AvgIpc) is 2.82. The first-order valence-corrected chi connectivity index (χ1v) is 5.89. The van der Waals surface area contributed by atoms with Gasteiger partial charge in [0.1, 0.15) is 0 Å². The normalized spacial score (nSPS) is 11.6. The van der Waals surface area contributed by atoms with Crippen LogP contribution in [-0.4, -0.2) is 28.0 Å². The zero-order chi connectivity index (χ0) is 11.8. The van der Waals surface area contributed by atoms with Crippen LogP contribution in [0.15, 0.2) is 24.4 Å². The molecule has 2 heterocycles. The summed E-state index contributed by atoms with van der Waals surface area (Å²) in [6.45, 7) is 3.06. The van der Waals surface area contributed by atoms with Gasteiger partial charge in [0, 0.05) is 24.9 Å². The zero-order valence-electron chi connectivity index (χ0n) is 10.1. The number of benzene rings is 1. The molecule has 88 valence electrons. The molecule has 17 heavy (non-hydrogen) atoms. The summed E-state index contributed by atoms with van der Waals surface area (Å²) in [5.41, 5.74) is 4.67. The summed E-state index contributed by atoms with van der Waals surface area (Å²) in [5, 5.41) is 3.15. The summed E-state index contributed by atoms with van der Waals surface area (Å²) in [7, 11) is 1.96. The van der Waals surface area contributed by atoms with Gasteiger partial charge in [-0.25, -0.2) is 4.98 Å². The topological polar surface area (TPSA) is 45.1 Å². The highest BCUT2D eigenvalue weighted by atomic mass is 15.1. The van der Waals surface area contributed by atoms with E-state index in [1.54, 1.807) is 0 Å². The number of hydrogen-bond donors (Lipinski definition) is 2. The summed E-state index contributed by atoms with van der Waals surface area (Å²) in [4.78, 5) is 7.94. The minimum Gasteiger partial charge on any atom is -0.327 e. The van der Waals surface area contributed by atoms with Crippen LogP contribution >= 0.6 is 0 Å². The van der Waals surface area contributed by atoms with Gasteiger partial charge in [0.25, 0.3) is 0 Å². The molecule has 0 radical (unpaired) electrons. The Bertz CT molecular complexity index is 662. The summed E-state index contributed by atoms with van der Waals surface area (Å²) >= 11 is 0. The molecule has 0 saturated heterocycles. The molecule has 4 heteroatoms. The van der Waals surface area contributed by atoms with E-state index in [1.807, 2.05) is 7.05 Å². The Morgan fingerprint density at radius 3 is 3.12 bits per heavy atom. The third-order valence-corrected chi connectivity index (χ3v) is 3.05. The van der Waals surface area contributed by atoms with Gasteiger partial charge >= 0.3 is 0 Å². The van der Waals surface area contributed by atoms with E-state index >= 15 is 0 Å². The molecular weight excluding hydrogens is 212 g/mol. The Balaban J connectivity index is 2.11. The number of fused-ring (bicyclic) bond motifs is 3. The summed E-state index contributed by atoms with van der Waals surface area (Å²) in [5.74, 6) is 0.928. The lowest BCUT2D eigenvalue weighted by molar-refractivity contribution is 0.780. The van der Waals surface area contributed by atoms with Crippen molar-refractivity contribution in [3.8, 4) is 0 Å². The quantitative estimate of drug-likeness (QED) is 0.719. The molecule has 0 fully saturated rings. The van der Waals surface area contributed by atoms with Crippen LogP contribution in [0.5, 0.6) is 0 Å². The summed E-state index contributed by atoms with van der Waals surface area (Å²) in [6, 6.07) is 6.36. The lowest BCUT2D eigenvalue weighted by Crippen LogP contribution is -2.10. The molecule has 0 atom stereocenters. The van der Waals surface area contributed by atoms with Crippen molar-refractivity contribution in [2.75, 3.05) is 13.6 Å². The van der Waals surface area contributed by atoms with Crippen LogP contribution in [0.1, 0.15) is 11.3 Å². The number of nitrogens with one attached hydrogen (secondary N) is 2. The number of rotatable bonds is 3. The molecule has 2 N–H and O–H groups in total. The molecule has 4 nitrogen and oxygen atoms in total. The molecule has 0 aliphatic heterocycles. The van der Waals surface area contributed by atoms with Crippen LogP contribution in [-0.2, 0) is 6.42 Å². The number of H-pyrrole nitrogens is 1.